The molecule has 0 atom stereocenters. The Morgan fingerprint density at radius 3 is 1.24 bits per heavy atom. The largest absolute Gasteiger partial charge is 0.478 e. The third-order valence-corrected chi connectivity index (χ3v) is 6.10. The molecule has 0 saturated carbocycles. The molecule has 4 aromatic rings. The molecule has 5 N–H and O–H groups in total. The summed E-state index contributed by atoms with van der Waals surface area (Å²) in [6, 6.07) is 6.55. The van der Waals surface area contributed by atoms with Crippen LogP contribution in [0.25, 0.3) is 11.4 Å². The Morgan fingerprint density at radius 2 is 0.951 bits per heavy atom. The summed E-state index contributed by atoms with van der Waals surface area (Å²) in [5, 5.41) is 51.8. The Labute approximate surface area is 227 Å². The van der Waals surface area contributed by atoms with Crippen LogP contribution in [0.3, 0.4) is 0 Å². The number of benzene rings is 2. The summed E-state index contributed by atoms with van der Waals surface area (Å²) in [5.41, 5.74) is -1.11. The van der Waals surface area contributed by atoms with Gasteiger partial charge in [0.1, 0.15) is 24.6 Å². The average molecular weight is 588 g/mol. The molecule has 0 amide bonds. The first kappa shape index (κ1) is 28.7. The molecule has 0 saturated heterocycles. The highest BCUT2D eigenvalue weighted by molar-refractivity contribution is 7.47. The van der Waals surface area contributed by atoms with Gasteiger partial charge < -0.3 is 25.3 Å². The number of phosphoric ester groups is 1. The first-order chi connectivity index (χ1) is 19.3. The fourth-order valence-corrected chi connectivity index (χ4v) is 3.96. The number of hydrogen-bond acceptors (Lipinski definition) is 11. The molecule has 0 spiro atoms. The van der Waals surface area contributed by atoms with Gasteiger partial charge in [-0.25, -0.2) is 33.1 Å². The van der Waals surface area contributed by atoms with Crippen LogP contribution in [0.1, 0.15) is 52.8 Å². The van der Waals surface area contributed by atoms with E-state index < -0.39 is 44.9 Å². The highest BCUT2D eigenvalue weighted by Crippen LogP contribution is 2.44. The first-order valence-corrected chi connectivity index (χ1v) is 12.5. The van der Waals surface area contributed by atoms with Crippen LogP contribution in [0.2, 0.25) is 0 Å². The number of aromatic carboxylic acids is 4. The predicted octanol–water partition coefficient (Wildman–Crippen LogP) is 1.47. The second kappa shape index (κ2) is 11.4. The maximum Gasteiger partial charge on any atom is 0.472 e. The Morgan fingerprint density at radius 1 is 0.634 bits per heavy atom. The van der Waals surface area contributed by atoms with Crippen molar-refractivity contribution in [1.82, 2.24) is 30.0 Å². The maximum atomic E-state index is 12.3. The molecule has 2 heterocycles. The van der Waals surface area contributed by atoms with Gasteiger partial charge >= 0.3 is 31.7 Å². The Hall–Kier alpha value is -5.29. The second-order valence-corrected chi connectivity index (χ2v) is 9.54. The second-order valence-electron chi connectivity index (χ2n) is 8.08. The highest BCUT2D eigenvalue weighted by Gasteiger charge is 2.23. The van der Waals surface area contributed by atoms with E-state index in [-0.39, 0.29) is 45.0 Å². The van der Waals surface area contributed by atoms with E-state index in [0.717, 1.165) is 45.8 Å². The van der Waals surface area contributed by atoms with Crippen LogP contribution >= 0.6 is 7.82 Å². The lowest BCUT2D eigenvalue weighted by atomic mass is 10.1. The van der Waals surface area contributed by atoms with Gasteiger partial charge in [-0.3, -0.25) is 9.05 Å². The minimum atomic E-state index is -4.70. The van der Waals surface area contributed by atoms with E-state index in [1.807, 2.05) is 0 Å². The van der Waals surface area contributed by atoms with Gasteiger partial charge in [-0.2, -0.15) is 0 Å². The summed E-state index contributed by atoms with van der Waals surface area (Å²) in [4.78, 5) is 55.2. The van der Waals surface area contributed by atoms with Crippen molar-refractivity contribution in [3.63, 3.8) is 0 Å². The van der Waals surface area contributed by atoms with Crippen molar-refractivity contribution < 1.29 is 58.1 Å². The zero-order valence-electron chi connectivity index (χ0n) is 20.3. The summed E-state index contributed by atoms with van der Waals surface area (Å²) in [6.07, 6.45) is 2.43. The molecule has 0 unspecified atom stereocenters. The van der Waals surface area contributed by atoms with Gasteiger partial charge in [0.05, 0.1) is 46.0 Å². The molecule has 212 valence electrons. The van der Waals surface area contributed by atoms with Crippen LogP contribution in [-0.4, -0.2) is 79.2 Å². The van der Waals surface area contributed by atoms with E-state index >= 15 is 0 Å². The lowest BCUT2D eigenvalue weighted by Gasteiger charge is -2.10. The van der Waals surface area contributed by atoms with Gasteiger partial charge in [-0.05, 0) is 36.4 Å². The minimum absolute atomic E-state index is 0.0129. The molecule has 0 fully saturated rings. The number of nitrogens with zero attached hydrogens (tertiary/aromatic N) is 6. The summed E-state index contributed by atoms with van der Waals surface area (Å²) in [6.45, 7) is -1.16. The van der Waals surface area contributed by atoms with Crippen molar-refractivity contribution in [2.24, 2.45) is 0 Å². The van der Waals surface area contributed by atoms with Crippen LogP contribution in [0.4, 0.5) is 0 Å². The normalized spacial score (nSPS) is 11.3. The van der Waals surface area contributed by atoms with Crippen LogP contribution < -0.4 is 0 Å². The summed E-state index contributed by atoms with van der Waals surface area (Å²) in [5.74, 6) is -5.46. The van der Waals surface area contributed by atoms with Crippen LogP contribution in [0.5, 0.6) is 0 Å². The van der Waals surface area contributed by atoms with E-state index in [1.54, 1.807) is 0 Å². The molecule has 0 aliphatic heterocycles. The van der Waals surface area contributed by atoms with E-state index in [9.17, 15) is 49.1 Å². The zero-order valence-corrected chi connectivity index (χ0v) is 21.2. The molecule has 0 bridgehead atoms. The fourth-order valence-electron chi connectivity index (χ4n) is 3.29. The molecule has 0 radical (unpaired) electrons. The van der Waals surface area contributed by atoms with Crippen LogP contribution in [0, 0.1) is 0 Å². The van der Waals surface area contributed by atoms with Crippen molar-refractivity contribution in [3.05, 3.63) is 82.4 Å². The number of hydrogen-bond donors (Lipinski definition) is 5. The van der Waals surface area contributed by atoms with E-state index in [4.69, 9.17) is 9.05 Å². The van der Waals surface area contributed by atoms with Gasteiger partial charge in [-0.1, -0.05) is 10.4 Å². The van der Waals surface area contributed by atoms with Gasteiger partial charge in [0.15, 0.2) is 0 Å². The van der Waals surface area contributed by atoms with E-state index in [0.29, 0.717) is 0 Å². The number of phosphoric acid groups is 1. The number of carbonyl (C=O) groups is 4. The predicted molar refractivity (Wildman–Crippen MR) is 130 cm³/mol. The van der Waals surface area contributed by atoms with E-state index in [1.165, 1.54) is 12.4 Å². The fraction of sp³-hybridized carbons (Fsp3) is 0.0909. The molecule has 19 heteroatoms. The standard InChI is InChI=1S/C22H17N6O12P/c29-19(30)11-1-12(20(31)32)4-17(3-11)27-7-15(23-25-27)9-39-41(37,38)40-10-16-8-28(26-24-16)18-5-13(21(33)34)2-14(6-18)22(35)36/h1-8H,9-10H2,(H,29,30)(H,31,32)(H,33,34)(H,35,36)(H,37,38). The lowest BCUT2D eigenvalue weighted by molar-refractivity contribution is 0.0676. The SMILES string of the molecule is O=C(O)c1cc(C(=O)O)cc(-n2cc(COP(=O)(O)OCc3cn(-c4cc(C(=O)O)cc(C(=O)O)c4)nn3)nn2)c1. The van der Waals surface area contributed by atoms with Gasteiger partial charge in [0.25, 0.3) is 0 Å². The Balaban J connectivity index is 1.40. The molecule has 0 aliphatic rings. The lowest BCUT2D eigenvalue weighted by Crippen LogP contribution is -2.06. The molecule has 2 aromatic heterocycles. The van der Waals surface area contributed by atoms with Crippen molar-refractivity contribution in [2.75, 3.05) is 0 Å². The molecular weight excluding hydrogens is 571 g/mol. The van der Waals surface area contributed by atoms with Crippen LogP contribution in [-0.2, 0) is 26.8 Å². The van der Waals surface area contributed by atoms with E-state index in [2.05, 4.69) is 20.6 Å². The van der Waals surface area contributed by atoms with Crippen molar-refractivity contribution in [3.8, 4) is 11.4 Å². The van der Waals surface area contributed by atoms with Gasteiger partial charge in [0, 0.05) is 0 Å². The first-order valence-electron chi connectivity index (χ1n) is 11.0. The minimum Gasteiger partial charge on any atom is -0.478 e. The van der Waals surface area contributed by atoms with Gasteiger partial charge in [0.2, 0.25) is 0 Å². The van der Waals surface area contributed by atoms with Crippen molar-refractivity contribution in [2.45, 2.75) is 13.2 Å². The number of rotatable bonds is 12. The number of aromatic nitrogens is 6. The maximum absolute atomic E-state index is 12.3. The molecule has 41 heavy (non-hydrogen) atoms. The summed E-state index contributed by atoms with van der Waals surface area (Å²) < 4.78 is 24.2. The third kappa shape index (κ3) is 7.02. The summed E-state index contributed by atoms with van der Waals surface area (Å²) in [7, 11) is -4.70. The number of carboxylic acids is 4. The Kier molecular flexibility index (Phi) is 8.01. The van der Waals surface area contributed by atoms with Crippen molar-refractivity contribution >= 4 is 31.7 Å². The highest BCUT2D eigenvalue weighted by atomic mass is 31.2. The smallest absolute Gasteiger partial charge is 0.472 e. The quantitative estimate of drug-likeness (QED) is 0.147. The monoisotopic (exact) mass is 588 g/mol. The van der Waals surface area contributed by atoms with Gasteiger partial charge in [-0.15, -0.1) is 10.2 Å². The topological polar surface area (TPSA) is 266 Å². The molecule has 4 rings (SSSR count). The molecule has 18 nitrogen and oxygen atoms in total. The number of carboxylic acid groups (broad SMARTS) is 4. The third-order valence-electron chi connectivity index (χ3n) is 5.19. The summed E-state index contributed by atoms with van der Waals surface area (Å²) >= 11 is 0. The zero-order chi connectivity index (χ0) is 29.9. The molecule has 0 aliphatic carbocycles. The molecule has 2 aromatic carbocycles. The Bertz CT molecular complexity index is 1550. The average Bonchev–Trinajstić information content (AvgIpc) is 3.60. The molecular formula is C22H17N6O12P. The van der Waals surface area contributed by atoms with Crippen LogP contribution in [0.15, 0.2) is 48.8 Å². The van der Waals surface area contributed by atoms with Crippen molar-refractivity contribution in [1.29, 1.82) is 0 Å².